The molecule has 1 atom stereocenters. The minimum absolute atomic E-state index is 0.0846. The third-order valence-corrected chi connectivity index (χ3v) is 6.12. The maximum atomic E-state index is 12.7. The molecule has 0 amide bonds. The summed E-state index contributed by atoms with van der Waals surface area (Å²) in [5.41, 5.74) is 1.73. The summed E-state index contributed by atoms with van der Waals surface area (Å²) in [6, 6.07) is 22.3. The molecule has 132 valence electrons. The number of thioether (sulfide) groups is 1. The Hall–Kier alpha value is -1.45. The van der Waals surface area contributed by atoms with Crippen LogP contribution in [-0.2, 0) is 0 Å². The molecule has 0 fully saturated rings. The van der Waals surface area contributed by atoms with Crippen molar-refractivity contribution in [3.63, 3.8) is 0 Å². The average molecular weight is 422 g/mol. The van der Waals surface area contributed by atoms with Crippen molar-refractivity contribution in [2.45, 2.75) is 16.6 Å². The largest absolute Gasteiger partial charge is 0.294 e. The number of rotatable bonds is 6. The highest BCUT2D eigenvalue weighted by Gasteiger charge is 2.20. The van der Waals surface area contributed by atoms with Crippen LogP contribution in [-0.4, -0.2) is 5.78 Å². The molecule has 0 radical (unpaired) electrons. The van der Waals surface area contributed by atoms with E-state index in [4.69, 9.17) is 34.8 Å². The van der Waals surface area contributed by atoms with Crippen LogP contribution in [0, 0.1) is 0 Å². The van der Waals surface area contributed by atoms with Gasteiger partial charge in [-0.2, -0.15) is 0 Å². The van der Waals surface area contributed by atoms with Crippen LogP contribution in [0.4, 0.5) is 0 Å². The normalized spacial score (nSPS) is 12.0. The van der Waals surface area contributed by atoms with Gasteiger partial charge in [-0.05, 0) is 35.9 Å². The number of halogens is 3. The summed E-state index contributed by atoms with van der Waals surface area (Å²) in [5, 5.41) is 1.74. The molecule has 0 aromatic heterocycles. The minimum Gasteiger partial charge on any atom is -0.294 e. The van der Waals surface area contributed by atoms with Crippen LogP contribution in [0.5, 0.6) is 0 Å². The third kappa shape index (κ3) is 5.05. The van der Waals surface area contributed by atoms with Gasteiger partial charge in [0.2, 0.25) is 0 Å². The van der Waals surface area contributed by atoms with Gasteiger partial charge >= 0.3 is 0 Å². The summed E-state index contributed by atoms with van der Waals surface area (Å²) in [7, 11) is 0. The molecule has 1 nitrogen and oxygen atoms in total. The van der Waals surface area contributed by atoms with E-state index in [1.54, 1.807) is 23.9 Å². The molecule has 0 heterocycles. The van der Waals surface area contributed by atoms with Crippen molar-refractivity contribution in [2.75, 3.05) is 0 Å². The molecule has 3 aromatic carbocycles. The molecule has 0 aliphatic heterocycles. The van der Waals surface area contributed by atoms with Gasteiger partial charge in [0.05, 0.1) is 5.02 Å². The molecule has 0 saturated heterocycles. The Kier molecular flexibility index (Phi) is 6.66. The van der Waals surface area contributed by atoms with Gasteiger partial charge in [-0.3, -0.25) is 4.79 Å². The van der Waals surface area contributed by atoms with E-state index in [0.29, 0.717) is 27.1 Å². The Balaban J connectivity index is 1.88. The molecule has 0 aliphatic carbocycles. The smallest absolute Gasteiger partial charge is 0.164 e. The maximum Gasteiger partial charge on any atom is 0.164 e. The van der Waals surface area contributed by atoms with Gasteiger partial charge in [-0.25, -0.2) is 0 Å². The monoisotopic (exact) mass is 420 g/mol. The standard InChI is InChI=1S/C21H15Cl3OS/c22-16-8-6-15(7-9-16)21(13-19(25)14-4-2-1-3-5-14)26-20-11-10-17(23)12-18(20)24/h1-12,21H,13H2/t21-/m1/s1. The lowest BCUT2D eigenvalue weighted by atomic mass is 10.0. The zero-order chi connectivity index (χ0) is 18.5. The SMILES string of the molecule is O=C(C[C@@H](Sc1ccc(Cl)cc1Cl)c1ccc(Cl)cc1)c1ccccc1. The highest BCUT2D eigenvalue weighted by Crippen LogP contribution is 2.42. The van der Waals surface area contributed by atoms with E-state index < -0.39 is 0 Å². The Morgan fingerprint density at radius 3 is 2.15 bits per heavy atom. The first-order chi connectivity index (χ1) is 12.5. The molecule has 26 heavy (non-hydrogen) atoms. The lowest BCUT2D eigenvalue weighted by molar-refractivity contribution is 0.0982. The number of ketones is 1. The van der Waals surface area contributed by atoms with Crippen LogP contribution in [0.1, 0.15) is 27.6 Å². The van der Waals surface area contributed by atoms with Gasteiger partial charge in [0.15, 0.2) is 5.78 Å². The van der Waals surface area contributed by atoms with Gasteiger partial charge in [-0.1, -0.05) is 77.3 Å². The molecular weight excluding hydrogens is 407 g/mol. The van der Waals surface area contributed by atoms with Crippen LogP contribution < -0.4 is 0 Å². The predicted molar refractivity (Wildman–Crippen MR) is 112 cm³/mol. The first-order valence-electron chi connectivity index (χ1n) is 7.98. The van der Waals surface area contributed by atoms with Gasteiger partial charge < -0.3 is 0 Å². The second-order valence-corrected chi connectivity index (χ2v) is 8.25. The fourth-order valence-corrected chi connectivity index (χ4v) is 4.36. The van der Waals surface area contributed by atoms with Crippen molar-refractivity contribution in [3.05, 3.63) is 99.0 Å². The summed E-state index contributed by atoms with van der Waals surface area (Å²) in [4.78, 5) is 13.6. The second kappa shape index (κ2) is 8.96. The van der Waals surface area contributed by atoms with Crippen molar-refractivity contribution in [1.29, 1.82) is 0 Å². The quantitative estimate of drug-likeness (QED) is 0.299. The van der Waals surface area contributed by atoms with E-state index in [2.05, 4.69) is 0 Å². The lowest BCUT2D eigenvalue weighted by Crippen LogP contribution is -2.05. The van der Waals surface area contributed by atoms with E-state index in [1.807, 2.05) is 60.7 Å². The van der Waals surface area contributed by atoms with Crippen LogP contribution in [0.25, 0.3) is 0 Å². The minimum atomic E-state index is -0.0846. The fourth-order valence-electron chi connectivity index (χ4n) is 2.54. The van der Waals surface area contributed by atoms with E-state index in [0.717, 1.165) is 10.5 Å². The first-order valence-corrected chi connectivity index (χ1v) is 10.00. The Bertz CT molecular complexity index is 895. The van der Waals surface area contributed by atoms with Crippen molar-refractivity contribution >= 4 is 52.3 Å². The number of Topliss-reactive ketones (excluding diaryl/α,β-unsaturated/α-hetero) is 1. The number of carbonyl (C=O) groups excluding carboxylic acids is 1. The maximum absolute atomic E-state index is 12.7. The molecule has 0 spiro atoms. The van der Waals surface area contributed by atoms with Crippen molar-refractivity contribution in [3.8, 4) is 0 Å². The van der Waals surface area contributed by atoms with Crippen LogP contribution in [0.2, 0.25) is 15.1 Å². The van der Waals surface area contributed by atoms with E-state index >= 15 is 0 Å². The Morgan fingerprint density at radius 2 is 1.50 bits per heavy atom. The molecular formula is C21H15Cl3OS. The molecule has 0 bridgehead atoms. The van der Waals surface area contributed by atoms with Gasteiger partial charge in [0.1, 0.15) is 0 Å². The Labute approximate surface area is 172 Å². The summed E-state index contributed by atoms with van der Waals surface area (Å²) in [6.45, 7) is 0. The molecule has 0 aliphatic rings. The molecule has 3 aromatic rings. The van der Waals surface area contributed by atoms with Crippen molar-refractivity contribution in [1.82, 2.24) is 0 Å². The first kappa shape index (κ1) is 19.3. The number of benzene rings is 3. The van der Waals surface area contributed by atoms with Gasteiger partial charge in [0, 0.05) is 32.2 Å². The Morgan fingerprint density at radius 1 is 0.846 bits per heavy atom. The van der Waals surface area contributed by atoms with Gasteiger partial charge in [-0.15, -0.1) is 11.8 Å². The molecule has 3 rings (SSSR count). The molecule has 0 N–H and O–H groups in total. The van der Waals surface area contributed by atoms with E-state index in [1.165, 1.54) is 0 Å². The molecule has 5 heteroatoms. The average Bonchev–Trinajstić information content (AvgIpc) is 2.64. The summed E-state index contributed by atoms with van der Waals surface area (Å²) >= 11 is 19.9. The highest BCUT2D eigenvalue weighted by atomic mass is 35.5. The van der Waals surface area contributed by atoms with Crippen molar-refractivity contribution in [2.24, 2.45) is 0 Å². The zero-order valence-corrected chi connectivity index (χ0v) is 16.7. The summed E-state index contributed by atoms with van der Waals surface area (Å²) in [6.07, 6.45) is 0.356. The topological polar surface area (TPSA) is 17.1 Å². The third-order valence-electron chi connectivity index (χ3n) is 3.87. The summed E-state index contributed by atoms with van der Waals surface area (Å²) < 4.78 is 0. The lowest BCUT2D eigenvalue weighted by Gasteiger charge is -2.18. The molecule has 0 unspecified atom stereocenters. The van der Waals surface area contributed by atoms with Crippen LogP contribution in [0.15, 0.2) is 77.7 Å². The highest BCUT2D eigenvalue weighted by molar-refractivity contribution is 7.99. The second-order valence-electron chi connectivity index (χ2n) is 5.73. The van der Waals surface area contributed by atoms with E-state index in [9.17, 15) is 4.79 Å². The number of hydrogen-bond acceptors (Lipinski definition) is 2. The van der Waals surface area contributed by atoms with E-state index in [-0.39, 0.29) is 11.0 Å². The fraction of sp³-hybridized carbons (Fsp3) is 0.0952. The predicted octanol–water partition coefficient (Wildman–Crippen LogP) is 7.75. The van der Waals surface area contributed by atoms with Crippen LogP contribution >= 0.6 is 46.6 Å². The van der Waals surface area contributed by atoms with Crippen molar-refractivity contribution < 1.29 is 4.79 Å². The summed E-state index contributed by atoms with van der Waals surface area (Å²) in [5.74, 6) is 0.0862. The number of carbonyl (C=O) groups is 1. The molecule has 0 saturated carbocycles. The van der Waals surface area contributed by atoms with Gasteiger partial charge in [0.25, 0.3) is 0 Å². The zero-order valence-electron chi connectivity index (χ0n) is 13.7. The number of hydrogen-bond donors (Lipinski definition) is 0. The van der Waals surface area contributed by atoms with Crippen LogP contribution in [0.3, 0.4) is 0 Å².